The summed E-state index contributed by atoms with van der Waals surface area (Å²) in [6, 6.07) is 10.1. The summed E-state index contributed by atoms with van der Waals surface area (Å²) >= 11 is 0. The van der Waals surface area contributed by atoms with Gasteiger partial charge < -0.3 is 4.74 Å². The van der Waals surface area contributed by atoms with Crippen LogP contribution in [0.5, 0.6) is 0 Å². The highest BCUT2D eigenvalue weighted by molar-refractivity contribution is 5.31. The van der Waals surface area contributed by atoms with Gasteiger partial charge in [0.2, 0.25) is 0 Å². The molecule has 16 heavy (non-hydrogen) atoms. The fourth-order valence-corrected chi connectivity index (χ4v) is 1.49. The number of unbranched alkanes of at least 4 members (excludes halogenated alkanes) is 2. The summed E-state index contributed by atoms with van der Waals surface area (Å²) in [6.45, 7) is 4.19. The van der Waals surface area contributed by atoms with E-state index in [-0.39, 0.29) is 0 Å². The Bertz CT molecular complexity index is 358. The Kier molecular flexibility index (Phi) is 5.08. The van der Waals surface area contributed by atoms with Gasteiger partial charge in [-0.15, -0.1) is 0 Å². The molecule has 1 nitrogen and oxygen atoms in total. The number of hydrogen-bond donors (Lipinski definition) is 0. The van der Waals surface area contributed by atoms with Crippen molar-refractivity contribution in [2.75, 3.05) is 7.11 Å². The van der Waals surface area contributed by atoms with Crippen LogP contribution in [0.25, 0.3) is 0 Å². The van der Waals surface area contributed by atoms with Crippen molar-refractivity contribution >= 4 is 0 Å². The number of hydrogen-bond acceptors (Lipinski definition) is 1. The Morgan fingerprint density at radius 2 is 1.94 bits per heavy atom. The van der Waals surface area contributed by atoms with Crippen LogP contribution >= 0.6 is 0 Å². The molecule has 0 aliphatic rings. The smallest absolute Gasteiger partial charge is 0.150 e. The molecule has 0 amide bonds. The third-order valence-corrected chi connectivity index (χ3v) is 2.72. The zero-order valence-corrected chi connectivity index (χ0v) is 10.4. The van der Waals surface area contributed by atoms with Crippen molar-refractivity contribution in [3.05, 3.63) is 35.9 Å². The van der Waals surface area contributed by atoms with Crippen LogP contribution in [0.4, 0.5) is 0 Å². The first-order valence-corrected chi connectivity index (χ1v) is 5.83. The first-order chi connectivity index (χ1) is 7.73. The lowest BCUT2D eigenvalue weighted by molar-refractivity contribution is 0.0551. The summed E-state index contributed by atoms with van der Waals surface area (Å²) in [5.74, 6) is 6.43. The molecular weight excluding hydrogens is 196 g/mol. The van der Waals surface area contributed by atoms with E-state index in [9.17, 15) is 0 Å². The number of benzene rings is 1. The predicted molar refractivity (Wildman–Crippen MR) is 68.1 cm³/mol. The van der Waals surface area contributed by atoms with Gasteiger partial charge >= 0.3 is 0 Å². The van der Waals surface area contributed by atoms with E-state index in [4.69, 9.17) is 4.74 Å². The highest BCUT2D eigenvalue weighted by Gasteiger charge is 2.22. The van der Waals surface area contributed by atoms with Crippen LogP contribution in [0.3, 0.4) is 0 Å². The lowest BCUT2D eigenvalue weighted by Crippen LogP contribution is -2.21. The lowest BCUT2D eigenvalue weighted by atomic mass is 9.96. The molecule has 0 fully saturated rings. The molecule has 1 unspecified atom stereocenters. The van der Waals surface area contributed by atoms with Gasteiger partial charge in [0.1, 0.15) is 0 Å². The summed E-state index contributed by atoms with van der Waals surface area (Å²) in [6.07, 6.45) is 3.29. The second-order valence-corrected chi connectivity index (χ2v) is 4.01. The van der Waals surface area contributed by atoms with Gasteiger partial charge in [-0.05, 0) is 18.9 Å². The van der Waals surface area contributed by atoms with Gasteiger partial charge in [0.25, 0.3) is 0 Å². The average molecular weight is 216 g/mol. The molecule has 0 aromatic heterocycles. The molecule has 0 saturated heterocycles. The molecule has 0 heterocycles. The Hall–Kier alpha value is -1.26. The SMILES string of the molecule is CCCCC#CC(C)(OC)c1ccccc1. The maximum Gasteiger partial charge on any atom is 0.150 e. The van der Waals surface area contributed by atoms with Crippen LogP contribution in [0.15, 0.2) is 30.3 Å². The van der Waals surface area contributed by atoms with Gasteiger partial charge in [-0.1, -0.05) is 55.5 Å². The number of ether oxygens (including phenoxy) is 1. The van der Waals surface area contributed by atoms with Gasteiger partial charge in [0.15, 0.2) is 5.60 Å². The van der Waals surface area contributed by atoms with Crippen molar-refractivity contribution in [2.24, 2.45) is 0 Å². The van der Waals surface area contributed by atoms with Gasteiger partial charge in [0, 0.05) is 13.5 Å². The van der Waals surface area contributed by atoms with Crippen molar-refractivity contribution in [3.8, 4) is 11.8 Å². The van der Waals surface area contributed by atoms with E-state index in [0.717, 1.165) is 18.4 Å². The third-order valence-electron chi connectivity index (χ3n) is 2.72. The minimum atomic E-state index is -0.477. The standard InChI is InChI=1S/C15H20O/c1-4-5-6-10-13-15(2,16-3)14-11-8-7-9-12-14/h7-9,11-12H,4-6H2,1-3H3. The minimum Gasteiger partial charge on any atom is -0.362 e. The van der Waals surface area contributed by atoms with Crippen LogP contribution in [-0.2, 0) is 10.3 Å². The van der Waals surface area contributed by atoms with E-state index in [1.165, 1.54) is 6.42 Å². The van der Waals surface area contributed by atoms with E-state index >= 15 is 0 Å². The molecule has 1 aromatic rings. The van der Waals surface area contributed by atoms with E-state index in [2.05, 4.69) is 30.9 Å². The Labute approximate surface area is 98.8 Å². The summed E-state index contributed by atoms with van der Waals surface area (Å²) in [4.78, 5) is 0. The summed E-state index contributed by atoms with van der Waals surface area (Å²) in [7, 11) is 1.71. The van der Waals surface area contributed by atoms with Crippen molar-refractivity contribution in [1.29, 1.82) is 0 Å². The lowest BCUT2D eigenvalue weighted by Gasteiger charge is -2.22. The fourth-order valence-electron chi connectivity index (χ4n) is 1.49. The van der Waals surface area contributed by atoms with E-state index in [0.29, 0.717) is 0 Å². The predicted octanol–water partition coefficient (Wildman–Crippen LogP) is 3.74. The molecule has 1 rings (SSSR count). The Morgan fingerprint density at radius 1 is 1.25 bits per heavy atom. The molecule has 0 radical (unpaired) electrons. The van der Waals surface area contributed by atoms with Crippen molar-refractivity contribution in [2.45, 2.75) is 38.7 Å². The molecule has 0 bridgehead atoms. The van der Waals surface area contributed by atoms with Gasteiger partial charge in [-0.25, -0.2) is 0 Å². The van der Waals surface area contributed by atoms with Crippen molar-refractivity contribution in [3.63, 3.8) is 0 Å². The first-order valence-electron chi connectivity index (χ1n) is 5.83. The molecule has 0 aliphatic heterocycles. The van der Waals surface area contributed by atoms with Gasteiger partial charge in [-0.3, -0.25) is 0 Å². The molecule has 0 spiro atoms. The van der Waals surface area contributed by atoms with Crippen LogP contribution < -0.4 is 0 Å². The highest BCUT2D eigenvalue weighted by Crippen LogP contribution is 2.23. The first kappa shape index (κ1) is 12.8. The second-order valence-electron chi connectivity index (χ2n) is 4.01. The van der Waals surface area contributed by atoms with Crippen molar-refractivity contribution < 1.29 is 4.74 Å². The molecule has 1 aromatic carbocycles. The van der Waals surface area contributed by atoms with Gasteiger partial charge in [-0.2, -0.15) is 0 Å². The largest absolute Gasteiger partial charge is 0.362 e. The van der Waals surface area contributed by atoms with Crippen LogP contribution in [0, 0.1) is 11.8 Å². The zero-order valence-electron chi connectivity index (χ0n) is 10.4. The van der Waals surface area contributed by atoms with E-state index < -0.39 is 5.60 Å². The van der Waals surface area contributed by atoms with Crippen LogP contribution in [0.1, 0.15) is 38.7 Å². The minimum absolute atomic E-state index is 0.477. The Morgan fingerprint density at radius 3 is 2.50 bits per heavy atom. The maximum atomic E-state index is 5.53. The quantitative estimate of drug-likeness (QED) is 0.550. The number of methoxy groups -OCH3 is 1. The fraction of sp³-hybridized carbons (Fsp3) is 0.467. The summed E-state index contributed by atoms with van der Waals surface area (Å²) < 4.78 is 5.53. The Balaban J connectivity index is 2.80. The normalized spacial score (nSPS) is 13.7. The molecule has 0 saturated carbocycles. The monoisotopic (exact) mass is 216 g/mol. The number of rotatable bonds is 4. The second kappa shape index (κ2) is 6.35. The van der Waals surface area contributed by atoms with Crippen LogP contribution in [-0.4, -0.2) is 7.11 Å². The molecule has 0 N–H and O–H groups in total. The van der Waals surface area contributed by atoms with Crippen LogP contribution in [0.2, 0.25) is 0 Å². The van der Waals surface area contributed by atoms with E-state index in [1.807, 2.05) is 25.1 Å². The summed E-state index contributed by atoms with van der Waals surface area (Å²) in [5, 5.41) is 0. The molecule has 86 valence electrons. The molecule has 1 atom stereocenters. The summed E-state index contributed by atoms with van der Waals surface area (Å²) in [5.41, 5.74) is 0.635. The maximum absolute atomic E-state index is 5.53. The molecular formula is C15H20O. The van der Waals surface area contributed by atoms with Crippen molar-refractivity contribution in [1.82, 2.24) is 0 Å². The third kappa shape index (κ3) is 3.40. The van der Waals surface area contributed by atoms with E-state index in [1.54, 1.807) is 7.11 Å². The molecule has 1 heteroatoms. The molecule has 0 aliphatic carbocycles. The highest BCUT2D eigenvalue weighted by atomic mass is 16.5. The topological polar surface area (TPSA) is 9.23 Å². The zero-order chi connectivity index (χ0) is 11.9. The average Bonchev–Trinajstić information content (AvgIpc) is 2.35. The van der Waals surface area contributed by atoms with Gasteiger partial charge in [0.05, 0.1) is 0 Å².